The fourth-order valence-electron chi connectivity index (χ4n) is 1.26. The maximum absolute atomic E-state index is 10.8. The van der Waals surface area contributed by atoms with Crippen LogP contribution in [0, 0.1) is 10.8 Å². The van der Waals surface area contributed by atoms with Gasteiger partial charge in [0.15, 0.2) is 0 Å². The third kappa shape index (κ3) is 6.19. The summed E-state index contributed by atoms with van der Waals surface area (Å²) >= 11 is 11.1. The van der Waals surface area contributed by atoms with E-state index in [9.17, 15) is 10.2 Å². The molecule has 0 spiro atoms. The number of hydrogen-bond donors (Lipinski definition) is 2. The van der Waals surface area contributed by atoms with E-state index in [4.69, 9.17) is 34.0 Å². The van der Waals surface area contributed by atoms with E-state index in [1.165, 1.54) is 36.4 Å². The van der Waals surface area contributed by atoms with Gasteiger partial charge in [0.25, 0.3) is 0 Å². The Morgan fingerprint density at radius 3 is 1.33 bits per heavy atom. The first-order chi connectivity index (χ1) is 9.47. The molecule has 2 aromatic rings. The monoisotopic (exact) mass is 371 g/mol. The Bertz CT molecular complexity index is 581. The number of hydrogen-bond acceptors (Lipinski definition) is 4. The van der Waals surface area contributed by atoms with Gasteiger partial charge in [-0.2, -0.15) is 0 Å². The second-order valence-corrected chi connectivity index (χ2v) is 4.53. The summed E-state index contributed by atoms with van der Waals surface area (Å²) in [6.07, 6.45) is 1.99. The number of benzene rings is 2. The molecule has 0 saturated heterocycles. The van der Waals surface area contributed by atoms with Crippen molar-refractivity contribution in [2.75, 3.05) is 0 Å². The van der Waals surface area contributed by atoms with Gasteiger partial charge in [0.1, 0.15) is 0 Å². The van der Waals surface area contributed by atoms with Crippen LogP contribution in [-0.4, -0.2) is 12.4 Å². The van der Waals surface area contributed by atoms with Gasteiger partial charge in [-0.05, 0) is 35.4 Å². The van der Waals surface area contributed by atoms with E-state index >= 15 is 0 Å². The van der Waals surface area contributed by atoms with E-state index in [0.29, 0.717) is 21.2 Å². The van der Waals surface area contributed by atoms with Crippen molar-refractivity contribution in [2.45, 2.75) is 0 Å². The van der Waals surface area contributed by atoms with E-state index < -0.39 is 0 Å². The molecule has 113 valence electrons. The molecule has 0 aromatic heterocycles. The van der Waals surface area contributed by atoms with Crippen molar-refractivity contribution in [3.63, 3.8) is 0 Å². The fraction of sp³-hybridized carbons (Fsp3) is 0. The van der Waals surface area contributed by atoms with Gasteiger partial charge in [-0.1, -0.05) is 46.8 Å². The van der Waals surface area contributed by atoms with Crippen molar-refractivity contribution in [2.24, 2.45) is 0 Å². The predicted octanol–water partition coefficient (Wildman–Crippen LogP) is 2.82. The van der Waals surface area contributed by atoms with Gasteiger partial charge >= 0.3 is 17.1 Å². The number of halogens is 2. The summed E-state index contributed by atoms with van der Waals surface area (Å²) in [7, 11) is 0. The van der Waals surface area contributed by atoms with Crippen LogP contribution in [0.1, 0.15) is 11.1 Å². The topological polar surface area (TPSA) is 93.8 Å². The summed E-state index contributed by atoms with van der Waals surface area (Å²) in [5.41, 5.74) is 0.653. The van der Waals surface area contributed by atoms with Crippen molar-refractivity contribution in [1.82, 2.24) is 0 Å². The first-order valence-electron chi connectivity index (χ1n) is 5.42. The van der Waals surface area contributed by atoms with Gasteiger partial charge in [0.05, 0.1) is 0 Å². The van der Waals surface area contributed by atoms with Crippen molar-refractivity contribution >= 4 is 35.6 Å². The van der Waals surface area contributed by atoms with E-state index in [1.807, 2.05) is 0 Å². The van der Waals surface area contributed by atoms with E-state index in [-0.39, 0.29) is 28.6 Å². The minimum atomic E-state index is -0.167. The maximum atomic E-state index is 10.8. The quantitative estimate of drug-likeness (QED) is 0.626. The van der Waals surface area contributed by atoms with Crippen LogP contribution < -0.4 is 10.2 Å². The molecule has 0 atom stereocenters. The third-order valence-electron chi connectivity index (χ3n) is 2.25. The summed E-state index contributed by atoms with van der Waals surface area (Å²) in [6.45, 7) is 0. The van der Waals surface area contributed by atoms with Crippen LogP contribution in [0.2, 0.25) is 10.0 Å². The zero-order valence-electron chi connectivity index (χ0n) is 10.5. The molecule has 0 aliphatic carbocycles. The fourth-order valence-corrected chi connectivity index (χ4v) is 1.63. The molecular formula is C14H10Cl2CuN2O2. The van der Waals surface area contributed by atoms with Gasteiger partial charge in [0.2, 0.25) is 0 Å². The summed E-state index contributed by atoms with van der Waals surface area (Å²) in [4.78, 5) is 0. The predicted molar refractivity (Wildman–Crippen MR) is 77.6 cm³/mol. The van der Waals surface area contributed by atoms with E-state index in [0.717, 1.165) is 12.4 Å². The summed E-state index contributed by atoms with van der Waals surface area (Å²) in [6, 6.07) is 8.66. The molecule has 2 aromatic carbocycles. The molecule has 2 N–H and O–H groups in total. The minimum Gasteiger partial charge on any atom is -0.872 e. The molecule has 7 heteroatoms. The zero-order valence-corrected chi connectivity index (χ0v) is 12.9. The molecule has 1 radical (unpaired) electrons. The van der Waals surface area contributed by atoms with Crippen molar-refractivity contribution in [1.29, 1.82) is 10.8 Å². The van der Waals surface area contributed by atoms with Crippen molar-refractivity contribution in [3.8, 4) is 11.5 Å². The third-order valence-corrected chi connectivity index (χ3v) is 2.72. The minimum absolute atomic E-state index is 0. The normalized spacial score (nSPS) is 8.86. The van der Waals surface area contributed by atoms with Gasteiger partial charge in [-0.3, -0.25) is 0 Å². The Hall–Kier alpha value is -1.52. The molecule has 21 heavy (non-hydrogen) atoms. The first-order valence-corrected chi connectivity index (χ1v) is 6.17. The molecule has 2 rings (SSSR count). The zero-order chi connectivity index (χ0) is 15.1. The van der Waals surface area contributed by atoms with Gasteiger partial charge in [-0.15, -0.1) is 0 Å². The van der Waals surface area contributed by atoms with Crippen molar-refractivity contribution < 1.29 is 27.3 Å². The van der Waals surface area contributed by atoms with Crippen molar-refractivity contribution in [3.05, 3.63) is 57.6 Å². The molecular weight excluding hydrogens is 363 g/mol. The van der Waals surface area contributed by atoms with Crippen LogP contribution in [0.15, 0.2) is 36.4 Å². The standard InChI is InChI=1S/2C7H6ClNO.Cu/c2*8-6-1-2-7(10)5(3-6)4-9;/h2*1-4,9-10H;/q;;+2/p-2. The molecule has 4 nitrogen and oxygen atoms in total. The van der Waals surface area contributed by atoms with Crippen LogP contribution in [0.4, 0.5) is 0 Å². The summed E-state index contributed by atoms with van der Waals surface area (Å²) in [5, 5.41) is 36.1. The SMILES string of the molecule is N=Cc1cc(Cl)ccc1[O-].N=Cc1cc(Cl)ccc1[O-].[Cu+2]. The largest absolute Gasteiger partial charge is 2.00 e. The molecule has 0 aliphatic rings. The molecule has 0 aliphatic heterocycles. The molecule has 0 bridgehead atoms. The molecule has 0 amide bonds. The van der Waals surface area contributed by atoms with Gasteiger partial charge in [0, 0.05) is 22.5 Å². The number of rotatable bonds is 2. The first kappa shape index (κ1) is 19.5. The molecule has 0 unspecified atom stereocenters. The average Bonchev–Trinajstić information content (AvgIpc) is 2.44. The van der Waals surface area contributed by atoms with Crippen LogP contribution in [-0.2, 0) is 17.1 Å². The van der Waals surface area contributed by atoms with Gasteiger partial charge < -0.3 is 21.0 Å². The second kappa shape index (κ2) is 9.42. The smallest absolute Gasteiger partial charge is 0.872 e. The summed E-state index contributed by atoms with van der Waals surface area (Å²) in [5.74, 6) is -0.334. The van der Waals surface area contributed by atoms with Crippen LogP contribution in [0.3, 0.4) is 0 Å². The molecule has 0 fully saturated rings. The maximum Gasteiger partial charge on any atom is 2.00 e. The second-order valence-electron chi connectivity index (χ2n) is 3.65. The van der Waals surface area contributed by atoms with Crippen LogP contribution >= 0.6 is 23.2 Å². The molecule has 0 saturated carbocycles. The van der Waals surface area contributed by atoms with Crippen LogP contribution in [0.5, 0.6) is 11.5 Å². The van der Waals surface area contributed by atoms with E-state index in [2.05, 4.69) is 0 Å². The Balaban J connectivity index is 0.000000364. The van der Waals surface area contributed by atoms with Gasteiger partial charge in [-0.25, -0.2) is 0 Å². The Morgan fingerprint density at radius 1 is 0.762 bits per heavy atom. The Morgan fingerprint density at radius 2 is 1.10 bits per heavy atom. The average molecular weight is 373 g/mol. The Labute approximate surface area is 142 Å². The molecule has 0 heterocycles. The summed E-state index contributed by atoms with van der Waals surface area (Å²) < 4.78 is 0. The van der Waals surface area contributed by atoms with E-state index in [1.54, 1.807) is 0 Å². The Kier molecular flexibility index (Phi) is 8.74. The van der Waals surface area contributed by atoms with Crippen LogP contribution in [0.25, 0.3) is 0 Å². The number of nitrogens with one attached hydrogen (secondary N) is 2.